The molecule has 0 amide bonds. The van der Waals surface area contributed by atoms with Gasteiger partial charge in [-0.2, -0.15) is 0 Å². The van der Waals surface area contributed by atoms with E-state index >= 15 is 0 Å². The normalized spacial score (nSPS) is 13.7. The van der Waals surface area contributed by atoms with Crippen molar-refractivity contribution in [2.24, 2.45) is 5.92 Å². The third-order valence-corrected chi connectivity index (χ3v) is 3.46. The van der Waals surface area contributed by atoms with Crippen molar-refractivity contribution < 1.29 is 14.2 Å². The number of hydrogen-bond donors (Lipinski definition) is 1. The Labute approximate surface area is 127 Å². The van der Waals surface area contributed by atoms with Gasteiger partial charge in [0.25, 0.3) is 0 Å². The zero-order chi connectivity index (χ0) is 14.9. The van der Waals surface area contributed by atoms with Crippen molar-refractivity contribution in [1.82, 2.24) is 5.32 Å². The lowest BCUT2D eigenvalue weighted by Gasteiger charge is -2.18. The molecule has 1 aromatic rings. The summed E-state index contributed by atoms with van der Waals surface area (Å²) in [6, 6.07) is 6.18. The lowest BCUT2D eigenvalue weighted by molar-refractivity contribution is 0.125. The average molecular weight is 293 g/mol. The molecule has 0 bridgehead atoms. The Bertz CT molecular complexity index is 420. The largest absolute Gasteiger partial charge is 0.486 e. The molecule has 1 aliphatic rings. The molecule has 0 fully saturated rings. The van der Waals surface area contributed by atoms with E-state index in [1.165, 1.54) is 5.56 Å². The van der Waals surface area contributed by atoms with Crippen LogP contribution in [-0.4, -0.2) is 39.5 Å². The van der Waals surface area contributed by atoms with Crippen LogP contribution < -0.4 is 14.8 Å². The van der Waals surface area contributed by atoms with Crippen LogP contribution in [0.3, 0.4) is 0 Å². The number of ether oxygens (including phenoxy) is 3. The van der Waals surface area contributed by atoms with E-state index in [9.17, 15) is 0 Å². The Kier molecular flexibility index (Phi) is 6.83. The van der Waals surface area contributed by atoms with Gasteiger partial charge in [0.15, 0.2) is 11.5 Å². The molecule has 0 spiro atoms. The number of fused-ring (bicyclic) bond motifs is 1. The van der Waals surface area contributed by atoms with E-state index in [1.807, 2.05) is 6.07 Å². The zero-order valence-corrected chi connectivity index (χ0v) is 13.2. The van der Waals surface area contributed by atoms with Crippen LogP contribution in [0.2, 0.25) is 0 Å². The van der Waals surface area contributed by atoms with Crippen LogP contribution in [0.15, 0.2) is 18.2 Å². The van der Waals surface area contributed by atoms with Crippen molar-refractivity contribution in [3.8, 4) is 11.5 Å². The van der Waals surface area contributed by atoms with Gasteiger partial charge in [0.2, 0.25) is 0 Å². The minimum atomic E-state index is 0.641. The average Bonchev–Trinajstić information content (AvgIpc) is 2.49. The first kappa shape index (κ1) is 16.1. The second-order valence-corrected chi connectivity index (χ2v) is 5.77. The molecule has 2 rings (SSSR count). The van der Waals surface area contributed by atoms with Gasteiger partial charge in [0.05, 0.1) is 6.61 Å². The summed E-state index contributed by atoms with van der Waals surface area (Å²) in [7, 11) is 0. The third kappa shape index (κ3) is 5.94. The summed E-state index contributed by atoms with van der Waals surface area (Å²) in [5.41, 5.74) is 1.27. The molecule has 0 saturated carbocycles. The second kappa shape index (κ2) is 8.90. The minimum absolute atomic E-state index is 0.641. The van der Waals surface area contributed by atoms with E-state index in [2.05, 4.69) is 31.3 Å². The SMILES string of the molecule is CC(C)CCOCCNCCc1ccc2c(c1)OCCO2. The molecule has 1 aliphatic heterocycles. The number of benzene rings is 1. The summed E-state index contributed by atoms with van der Waals surface area (Å²) in [6.07, 6.45) is 2.12. The quantitative estimate of drug-likeness (QED) is 0.711. The topological polar surface area (TPSA) is 39.7 Å². The highest BCUT2D eigenvalue weighted by Gasteiger charge is 2.11. The molecule has 0 aliphatic carbocycles. The van der Waals surface area contributed by atoms with Crippen molar-refractivity contribution >= 4 is 0 Å². The molecule has 4 heteroatoms. The first-order valence-corrected chi connectivity index (χ1v) is 7.92. The fourth-order valence-electron chi connectivity index (χ4n) is 2.17. The highest BCUT2D eigenvalue weighted by atomic mass is 16.6. The fourth-order valence-corrected chi connectivity index (χ4v) is 2.17. The molecule has 1 aromatic carbocycles. The molecule has 21 heavy (non-hydrogen) atoms. The molecular weight excluding hydrogens is 266 g/mol. The van der Waals surface area contributed by atoms with Gasteiger partial charge in [-0.05, 0) is 43.0 Å². The maximum Gasteiger partial charge on any atom is 0.161 e. The number of hydrogen-bond acceptors (Lipinski definition) is 4. The third-order valence-electron chi connectivity index (χ3n) is 3.46. The Morgan fingerprint density at radius 3 is 2.71 bits per heavy atom. The van der Waals surface area contributed by atoms with Crippen LogP contribution in [0, 0.1) is 5.92 Å². The predicted molar refractivity (Wildman–Crippen MR) is 84.3 cm³/mol. The lowest BCUT2D eigenvalue weighted by Crippen LogP contribution is -2.22. The van der Waals surface area contributed by atoms with Gasteiger partial charge in [-0.15, -0.1) is 0 Å². The van der Waals surface area contributed by atoms with E-state index in [-0.39, 0.29) is 0 Å². The van der Waals surface area contributed by atoms with E-state index < -0.39 is 0 Å². The number of rotatable bonds is 9. The van der Waals surface area contributed by atoms with E-state index in [0.717, 1.165) is 50.6 Å². The molecule has 0 atom stereocenters. The molecule has 4 nitrogen and oxygen atoms in total. The Hall–Kier alpha value is -1.26. The maximum atomic E-state index is 5.59. The molecule has 1 heterocycles. The van der Waals surface area contributed by atoms with E-state index in [4.69, 9.17) is 14.2 Å². The van der Waals surface area contributed by atoms with Crippen molar-refractivity contribution in [2.45, 2.75) is 26.7 Å². The Balaban J connectivity index is 1.56. The zero-order valence-electron chi connectivity index (χ0n) is 13.2. The van der Waals surface area contributed by atoms with E-state index in [1.54, 1.807) is 0 Å². The van der Waals surface area contributed by atoms with Crippen molar-refractivity contribution in [1.29, 1.82) is 0 Å². The fraction of sp³-hybridized carbons (Fsp3) is 0.647. The van der Waals surface area contributed by atoms with Crippen LogP contribution in [0.25, 0.3) is 0 Å². The molecule has 0 unspecified atom stereocenters. The smallest absolute Gasteiger partial charge is 0.161 e. The maximum absolute atomic E-state index is 5.59. The molecule has 0 aromatic heterocycles. The van der Waals surface area contributed by atoms with Crippen LogP contribution in [-0.2, 0) is 11.2 Å². The summed E-state index contributed by atoms with van der Waals surface area (Å²) >= 11 is 0. The lowest BCUT2D eigenvalue weighted by atomic mass is 10.1. The molecule has 118 valence electrons. The molecule has 0 radical (unpaired) electrons. The minimum Gasteiger partial charge on any atom is -0.486 e. The van der Waals surface area contributed by atoms with Crippen molar-refractivity contribution in [3.63, 3.8) is 0 Å². The summed E-state index contributed by atoms with van der Waals surface area (Å²) in [4.78, 5) is 0. The van der Waals surface area contributed by atoms with Gasteiger partial charge in [-0.25, -0.2) is 0 Å². The van der Waals surface area contributed by atoms with Gasteiger partial charge in [-0.3, -0.25) is 0 Å². The molecule has 1 N–H and O–H groups in total. The monoisotopic (exact) mass is 293 g/mol. The first-order valence-electron chi connectivity index (χ1n) is 7.92. The Morgan fingerprint density at radius 1 is 1.10 bits per heavy atom. The van der Waals surface area contributed by atoms with Crippen molar-refractivity contribution in [3.05, 3.63) is 23.8 Å². The second-order valence-electron chi connectivity index (χ2n) is 5.77. The van der Waals surface area contributed by atoms with Gasteiger partial charge in [0, 0.05) is 13.2 Å². The van der Waals surface area contributed by atoms with Gasteiger partial charge < -0.3 is 19.5 Å². The highest BCUT2D eigenvalue weighted by molar-refractivity contribution is 5.43. The standard InChI is InChI=1S/C17H27NO3/c1-14(2)6-9-19-10-8-18-7-5-15-3-4-16-17(13-15)21-12-11-20-16/h3-4,13-14,18H,5-12H2,1-2H3. The summed E-state index contributed by atoms with van der Waals surface area (Å²) in [5.74, 6) is 2.44. The van der Waals surface area contributed by atoms with Gasteiger partial charge in [0.1, 0.15) is 13.2 Å². The summed E-state index contributed by atoms with van der Waals surface area (Å²) in [5, 5.41) is 3.40. The van der Waals surface area contributed by atoms with Crippen molar-refractivity contribution in [2.75, 3.05) is 39.5 Å². The molecular formula is C17H27NO3. The van der Waals surface area contributed by atoms with Crippen LogP contribution >= 0.6 is 0 Å². The first-order chi connectivity index (χ1) is 10.3. The Morgan fingerprint density at radius 2 is 1.90 bits per heavy atom. The van der Waals surface area contributed by atoms with Crippen LogP contribution in [0.5, 0.6) is 11.5 Å². The predicted octanol–water partition coefficient (Wildman–Crippen LogP) is 2.65. The molecule has 0 saturated heterocycles. The summed E-state index contributed by atoms with van der Waals surface area (Å²) < 4.78 is 16.7. The highest BCUT2D eigenvalue weighted by Crippen LogP contribution is 2.30. The van der Waals surface area contributed by atoms with Gasteiger partial charge in [-0.1, -0.05) is 19.9 Å². The van der Waals surface area contributed by atoms with Crippen LogP contribution in [0.1, 0.15) is 25.8 Å². The van der Waals surface area contributed by atoms with E-state index in [0.29, 0.717) is 19.1 Å². The van der Waals surface area contributed by atoms with Gasteiger partial charge >= 0.3 is 0 Å². The van der Waals surface area contributed by atoms with Crippen LogP contribution in [0.4, 0.5) is 0 Å². The number of nitrogens with one attached hydrogen (secondary N) is 1. The summed E-state index contributed by atoms with van der Waals surface area (Å²) in [6.45, 7) is 9.22.